The molecular weight excluding hydrogens is 514 g/mol. The van der Waals surface area contributed by atoms with Gasteiger partial charge >= 0.3 is 30.8 Å². The third-order valence-electron chi connectivity index (χ3n) is 4.85. The van der Waals surface area contributed by atoms with E-state index in [1.807, 2.05) is 38.5 Å². The molecule has 1 fully saturated rings. The number of pyridine rings is 1. The summed E-state index contributed by atoms with van der Waals surface area (Å²) in [5, 5.41) is 36.7. The fraction of sp³-hybridized carbons (Fsp3) is 0. The van der Waals surface area contributed by atoms with Gasteiger partial charge in [0.25, 0.3) is 0 Å². The van der Waals surface area contributed by atoms with Gasteiger partial charge in [0.05, 0.1) is 22.8 Å². The summed E-state index contributed by atoms with van der Waals surface area (Å²) >= 11 is 0. The van der Waals surface area contributed by atoms with E-state index in [0.717, 1.165) is 12.3 Å². The third kappa shape index (κ3) is 4.40. The van der Waals surface area contributed by atoms with E-state index in [2.05, 4.69) is 21.6 Å². The molecule has 161 valence electrons. The molecule has 3 aromatic rings. The number of aliphatic imine (C=N–C) groups is 1. The van der Waals surface area contributed by atoms with Crippen LogP contribution in [-0.4, -0.2) is 10.9 Å². The van der Waals surface area contributed by atoms with Crippen LogP contribution < -0.4 is 25.9 Å². The maximum Gasteiger partial charge on any atom is 3.00 e. The molecule has 1 saturated carbocycles. The molecule has 9 heteroatoms. The Morgan fingerprint density at radius 2 is 1.48 bits per heavy atom. The molecule has 0 atom stereocenters. The van der Waals surface area contributed by atoms with E-state index in [-0.39, 0.29) is 41.4 Å². The summed E-state index contributed by atoms with van der Waals surface area (Å²) in [6, 6.07) is 5.40. The van der Waals surface area contributed by atoms with E-state index in [0.29, 0.717) is 27.7 Å². The van der Waals surface area contributed by atoms with E-state index in [9.17, 15) is 19.7 Å². The minimum absolute atomic E-state index is 0. The summed E-state index contributed by atoms with van der Waals surface area (Å²) in [6.07, 6.45) is 13.0. The predicted molar refractivity (Wildman–Crippen MR) is 107 cm³/mol. The van der Waals surface area contributed by atoms with Gasteiger partial charge in [-0.05, 0) is 62.4 Å². The van der Waals surface area contributed by atoms with Gasteiger partial charge in [-0.2, -0.15) is 0 Å². The van der Waals surface area contributed by atoms with Crippen LogP contribution in [0, 0.1) is 51.0 Å². The van der Waals surface area contributed by atoms with Crippen molar-refractivity contribution in [1.29, 1.82) is 0 Å². The Labute approximate surface area is 201 Å². The van der Waals surface area contributed by atoms with Gasteiger partial charge in [-0.1, -0.05) is 12.1 Å². The largest absolute Gasteiger partial charge is 3.00 e. The van der Waals surface area contributed by atoms with Crippen molar-refractivity contribution >= 4 is 28.4 Å². The molecule has 0 N–H and O–H groups in total. The molecule has 7 radical (unpaired) electrons. The van der Waals surface area contributed by atoms with Gasteiger partial charge in [0.15, 0.2) is 0 Å². The molecule has 33 heavy (non-hydrogen) atoms. The van der Waals surface area contributed by atoms with Crippen molar-refractivity contribution in [2.24, 2.45) is 9.98 Å². The summed E-state index contributed by atoms with van der Waals surface area (Å²) in [4.78, 5) is 11.9. The summed E-state index contributed by atoms with van der Waals surface area (Å²) in [7, 11) is 0. The standard InChI is InChI=1S/C17H8FN3O3.C6H6.CO.Ru/c18-6-3-9-12-13(17(24)21-16(12)23)11-8-4-7(22)1-2-10(8)20-15(11)14(9)19-5-6;1-2-4-6-5-3-1;1-2;/h1-5,22H,(H2,21,23,24);1-6H;;/q;;;+3/p-3. The number of nitrogens with zero attached hydrogens (tertiary/aromatic N) is 3. The van der Waals surface area contributed by atoms with Crippen LogP contribution in [0.15, 0.2) is 40.4 Å². The first-order chi connectivity index (χ1) is 15.5. The van der Waals surface area contributed by atoms with Crippen LogP contribution in [0.25, 0.3) is 27.9 Å². The molecule has 7 nitrogen and oxygen atoms in total. The second-order valence-corrected chi connectivity index (χ2v) is 6.69. The Kier molecular flexibility index (Phi) is 7.59. The van der Waals surface area contributed by atoms with Crippen LogP contribution in [0.5, 0.6) is 5.75 Å². The third-order valence-corrected chi connectivity index (χ3v) is 4.85. The van der Waals surface area contributed by atoms with Crippen LogP contribution in [0.2, 0.25) is 0 Å². The van der Waals surface area contributed by atoms with Crippen LogP contribution in [-0.2, 0) is 24.1 Å². The van der Waals surface area contributed by atoms with Crippen molar-refractivity contribution < 1.29 is 43.8 Å². The molecule has 1 aromatic heterocycles. The van der Waals surface area contributed by atoms with Gasteiger partial charge in [0.2, 0.25) is 0 Å². The van der Waals surface area contributed by atoms with Gasteiger partial charge in [0, 0.05) is 27.3 Å². The summed E-state index contributed by atoms with van der Waals surface area (Å²) in [5.41, 5.74) is 1.68. The molecule has 2 aliphatic heterocycles. The van der Waals surface area contributed by atoms with Gasteiger partial charge in [-0.3, -0.25) is 9.98 Å². The molecule has 1 aliphatic carbocycles. The van der Waals surface area contributed by atoms with Crippen molar-refractivity contribution in [1.82, 2.24) is 4.98 Å². The first-order valence-corrected chi connectivity index (χ1v) is 9.24. The monoisotopic (exact) mass is 526 g/mol. The van der Waals surface area contributed by atoms with Crippen molar-refractivity contribution in [3.8, 4) is 16.9 Å². The Morgan fingerprint density at radius 1 is 0.848 bits per heavy atom. The minimum atomic E-state index is -0.734. The second-order valence-electron chi connectivity index (χ2n) is 6.69. The SMILES string of the molecule is [C-]#[O+].[CH]1[CH][CH][CH][CH][CH]1.[O-]C1=NC([O-])=c2c1c1c(c3ncc(F)cc23)=Nc2ccc([O-])cc2-1.[Ru+3]. The number of halogens is 1. The number of fused-ring (bicyclic) bond motifs is 8. The Morgan fingerprint density at radius 3 is 2.12 bits per heavy atom. The Hall–Kier alpha value is -3.12. The van der Waals surface area contributed by atoms with Crippen molar-refractivity contribution in [3.05, 3.63) is 97.6 Å². The predicted octanol–water partition coefficient (Wildman–Crippen LogP) is 0.111. The van der Waals surface area contributed by atoms with Gasteiger partial charge in [-0.25, -0.2) is 9.38 Å². The molecule has 0 bridgehead atoms. The molecule has 3 aliphatic rings. The first-order valence-electron chi connectivity index (χ1n) is 9.24. The second kappa shape index (κ2) is 10.2. The molecule has 2 aromatic carbocycles. The molecule has 0 spiro atoms. The fourth-order valence-electron chi connectivity index (χ4n) is 3.64. The average Bonchev–Trinajstić information content (AvgIpc) is 3.33. The normalized spacial score (nSPS) is 14.8. The zero-order chi connectivity index (χ0) is 22.8. The van der Waals surface area contributed by atoms with Crippen LogP contribution in [0.1, 0.15) is 5.56 Å². The number of benzene rings is 2. The van der Waals surface area contributed by atoms with E-state index in [1.54, 1.807) is 0 Å². The Balaban J connectivity index is 0.000000294. The quantitative estimate of drug-likeness (QED) is 0.184. The topological polar surface area (TPSA) is 127 Å². The van der Waals surface area contributed by atoms with Gasteiger partial charge < -0.3 is 15.3 Å². The summed E-state index contributed by atoms with van der Waals surface area (Å²) in [6.45, 7) is 4.50. The van der Waals surface area contributed by atoms with Crippen LogP contribution in [0.3, 0.4) is 0 Å². The average molecular weight is 525 g/mol. The fourth-order valence-corrected chi connectivity index (χ4v) is 3.64. The van der Waals surface area contributed by atoms with Crippen molar-refractivity contribution in [2.75, 3.05) is 0 Å². The molecular formula is C24H11FN3O4Ru. The van der Waals surface area contributed by atoms with Crippen LogP contribution in [0.4, 0.5) is 10.1 Å². The summed E-state index contributed by atoms with van der Waals surface area (Å²) in [5.74, 6) is -2.32. The molecule has 6 rings (SSSR count). The number of rotatable bonds is 0. The first kappa shape index (κ1) is 24.5. The maximum absolute atomic E-state index is 13.6. The van der Waals surface area contributed by atoms with E-state index < -0.39 is 17.6 Å². The number of hydrogen-bond donors (Lipinski definition) is 0. The van der Waals surface area contributed by atoms with E-state index in [4.69, 9.17) is 4.65 Å². The Bertz CT molecular complexity index is 1390. The van der Waals surface area contributed by atoms with E-state index in [1.165, 1.54) is 18.2 Å². The zero-order valence-electron chi connectivity index (χ0n) is 16.6. The number of aromatic nitrogens is 1. The minimum Gasteiger partial charge on any atom is -0.872 e. The maximum atomic E-state index is 13.6. The van der Waals surface area contributed by atoms with Crippen LogP contribution >= 0.6 is 0 Å². The van der Waals surface area contributed by atoms with Gasteiger partial charge in [0.1, 0.15) is 5.82 Å². The van der Waals surface area contributed by atoms with E-state index >= 15 is 0 Å². The smallest absolute Gasteiger partial charge is 0.872 e. The van der Waals surface area contributed by atoms with Crippen molar-refractivity contribution in [2.45, 2.75) is 0 Å². The van der Waals surface area contributed by atoms with Gasteiger partial charge in [-0.15, -0.1) is 5.75 Å². The van der Waals surface area contributed by atoms with Crippen molar-refractivity contribution in [3.63, 3.8) is 0 Å². The summed E-state index contributed by atoms with van der Waals surface area (Å²) < 4.78 is 21.1. The molecule has 0 saturated heterocycles. The zero-order valence-corrected chi connectivity index (χ0v) is 18.3. The number of hydrogen-bond acceptors (Lipinski definition) is 6. The molecule has 3 heterocycles. The molecule has 0 amide bonds. The molecule has 0 unspecified atom stereocenters.